The first-order chi connectivity index (χ1) is 7.22. The predicted octanol–water partition coefficient (Wildman–Crippen LogP) is 0.0639. The summed E-state index contributed by atoms with van der Waals surface area (Å²) in [5.74, 6) is 0.178. The largest absolute Gasteiger partial charge is 0.395 e. The molecule has 1 aliphatic heterocycles. The second kappa shape index (κ2) is 4.49. The summed E-state index contributed by atoms with van der Waals surface area (Å²) in [5, 5.41) is 9.03. The van der Waals surface area contributed by atoms with Gasteiger partial charge in [-0.15, -0.1) is 0 Å². The molecule has 0 radical (unpaired) electrons. The van der Waals surface area contributed by atoms with Crippen LogP contribution in [0.15, 0.2) is 0 Å². The molecule has 2 rings (SSSR count). The maximum atomic E-state index is 11.2. The molecule has 86 valence electrons. The van der Waals surface area contributed by atoms with Crippen LogP contribution in [0.2, 0.25) is 0 Å². The Labute approximate surface area is 90.9 Å². The maximum absolute atomic E-state index is 11.2. The molecule has 1 saturated heterocycles. The Morgan fingerprint density at radius 3 is 2.60 bits per heavy atom. The number of hydrogen-bond acceptors (Lipinski definition) is 3. The van der Waals surface area contributed by atoms with Gasteiger partial charge in [0.1, 0.15) is 0 Å². The first-order valence-corrected chi connectivity index (χ1v) is 5.84. The zero-order chi connectivity index (χ0) is 10.8. The van der Waals surface area contributed by atoms with E-state index in [0.29, 0.717) is 12.1 Å². The van der Waals surface area contributed by atoms with Crippen molar-refractivity contribution in [1.82, 2.24) is 9.80 Å². The highest BCUT2D eigenvalue weighted by atomic mass is 16.3. The minimum absolute atomic E-state index is 0.178. The van der Waals surface area contributed by atoms with Gasteiger partial charge in [-0.1, -0.05) is 0 Å². The monoisotopic (exact) mass is 212 g/mol. The lowest BCUT2D eigenvalue weighted by molar-refractivity contribution is -0.128. The summed E-state index contributed by atoms with van der Waals surface area (Å²) in [6.45, 7) is 4.37. The van der Waals surface area contributed by atoms with Crippen LogP contribution in [0.25, 0.3) is 0 Å². The van der Waals surface area contributed by atoms with E-state index in [1.807, 2.05) is 4.90 Å². The van der Waals surface area contributed by atoms with Gasteiger partial charge in [-0.2, -0.15) is 0 Å². The molecule has 0 unspecified atom stereocenters. The fourth-order valence-electron chi connectivity index (χ4n) is 2.48. The quantitative estimate of drug-likeness (QED) is 0.717. The molecule has 1 N–H and O–H groups in total. The Morgan fingerprint density at radius 1 is 1.40 bits per heavy atom. The van der Waals surface area contributed by atoms with Gasteiger partial charge < -0.3 is 10.0 Å². The summed E-state index contributed by atoms with van der Waals surface area (Å²) in [6, 6.07) is 1.16. The number of rotatable bonds is 4. The van der Waals surface area contributed by atoms with Crippen molar-refractivity contribution in [2.45, 2.75) is 38.3 Å². The standard InChI is InChI=1S/C11H20N2O2/c1-9(15)12-5-4-11(8-12)13(6-7-14)10-2-3-10/h10-11,14H,2-8H2,1H3/t11-/m0/s1. The molecule has 2 fully saturated rings. The van der Waals surface area contributed by atoms with Crippen molar-refractivity contribution in [3.05, 3.63) is 0 Å². The zero-order valence-electron chi connectivity index (χ0n) is 9.35. The molecule has 15 heavy (non-hydrogen) atoms. The van der Waals surface area contributed by atoms with Gasteiger partial charge in [0.05, 0.1) is 6.61 Å². The van der Waals surface area contributed by atoms with E-state index in [1.165, 1.54) is 12.8 Å². The number of nitrogens with zero attached hydrogens (tertiary/aromatic N) is 2. The molecule has 1 atom stereocenters. The van der Waals surface area contributed by atoms with Gasteiger partial charge in [-0.3, -0.25) is 9.69 Å². The number of aliphatic hydroxyl groups is 1. The van der Waals surface area contributed by atoms with Crippen molar-refractivity contribution >= 4 is 5.91 Å². The first kappa shape index (κ1) is 10.9. The van der Waals surface area contributed by atoms with Crippen LogP contribution in [-0.4, -0.2) is 59.1 Å². The molecule has 0 spiro atoms. The van der Waals surface area contributed by atoms with Gasteiger partial charge in [0.25, 0.3) is 0 Å². The second-order valence-electron chi connectivity index (χ2n) is 4.60. The van der Waals surface area contributed by atoms with Crippen LogP contribution in [0.4, 0.5) is 0 Å². The third-order valence-corrected chi connectivity index (χ3v) is 3.45. The van der Waals surface area contributed by atoms with E-state index in [-0.39, 0.29) is 12.5 Å². The molecule has 0 aromatic heterocycles. The van der Waals surface area contributed by atoms with E-state index in [1.54, 1.807) is 6.92 Å². The van der Waals surface area contributed by atoms with Crippen molar-refractivity contribution in [3.8, 4) is 0 Å². The van der Waals surface area contributed by atoms with Gasteiger partial charge in [0, 0.05) is 38.6 Å². The van der Waals surface area contributed by atoms with Crippen molar-refractivity contribution in [1.29, 1.82) is 0 Å². The predicted molar refractivity (Wildman–Crippen MR) is 57.5 cm³/mol. The van der Waals surface area contributed by atoms with Gasteiger partial charge in [-0.25, -0.2) is 0 Å². The SMILES string of the molecule is CC(=O)N1CC[C@H](N(CCO)C2CC2)C1. The van der Waals surface area contributed by atoms with E-state index in [0.717, 1.165) is 26.1 Å². The normalized spacial score (nSPS) is 26.3. The molecule has 0 aromatic carbocycles. The summed E-state index contributed by atoms with van der Waals surface area (Å²) in [6.07, 6.45) is 3.59. The minimum Gasteiger partial charge on any atom is -0.395 e. The molecule has 4 nitrogen and oxygen atoms in total. The van der Waals surface area contributed by atoms with Crippen molar-refractivity contribution in [2.24, 2.45) is 0 Å². The molecule has 2 aliphatic rings. The van der Waals surface area contributed by atoms with E-state index in [2.05, 4.69) is 4.90 Å². The Hall–Kier alpha value is -0.610. The van der Waals surface area contributed by atoms with Crippen LogP contribution >= 0.6 is 0 Å². The van der Waals surface area contributed by atoms with E-state index in [9.17, 15) is 4.79 Å². The van der Waals surface area contributed by atoms with Gasteiger partial charge in [0.2, 0.25) is 5.91 Å². The fraction of sp³-hybridized carbons (Fsp3) is 0.909. The van der Waals surface area contributed by atoms with Crippen LogP contribution in [-0.2, 0) is 4.79 Å². The molecule has 4 heteroatoms. The number of likely N-dealkylation sites (tertiary alicyclic amines) is 1. The van der Waals surface area contributed by atoms with Gasteiger partial charge in [0.15, 0.2) is 0 Å². The highest BCUT2D eigenvalue weighted by molar-refractivity contribution is 5.73. The first-order valence-electron chi connectivity index (χ1n) is 5.84. The van der Waals surface area contributed by atoms with Crippen LogP contribution in [0.1, 0.15) is 26.2 Å². The molecular weight excluding hydrogens is 192 g/mol. The topological polar surface area (TPSA) is 43.8 Å². The fourth-order valence-corrected chi connectivity index (χ4v) is 2.48. The number of amides is 1. The van der Waals surface area contributed by atoms with Gasteiger partial charge >= 0.3 is 0 Å². The van der Waals surface area contributed by atoms with Crippen molar-refractivity contribution in [3.63, 3.8) is 0 Å². The van der Waals surface area contributed by atoms with Crippen LogP contribution in [0.5, 0.6) is 0 Å². The summed E-state index contributed by atoms with van der Waals surface area (Å²) < 4.78 is 0. The Bertz CT molecular complexity index is 241. The Balaban J connectivity index is 1.89. The number of aliphatic hydroxyl groups excluding tert-OH is 1. The lowest BCUT2D eigenvalue weighted by Gasteiger charge is -2.28. The highest BCUT2D eigenvalue weighted by Crippen LogP contribution is 2.31. The molecular formula is C11H20N2O2. The molecule has 1 heterocycles. The van der Waals surface area contributed by atoms with E-state index >= 15 is 0 Å². The summed E-state index contributed by atoms with van der Waals surface area (Å²) in [7, 11) is 0. The van der Waals surface area contributed by atoms with Crippen LogP contribution in [0.3, 0.4) is 0 Å². The number of carbonyl (C=O) groups excluding carboxylic acids is 1. The summed E-state index contributed by atoms with van der Waals surface area (Å²) in [5.41, 5.74) is 0. The third-order valence-electron chi connectivity index (χ3n) is 3.45. The average Bonchev–Trinajstić information content (AvgIpc) is 2.91. The van der Waals surface area contributed by atoms with Crippen molar-refractivity contribution in [2.75, 3.05) is 26.2 Å². The minimum atomic E-state index is 0.178. The number of hydrogen-bond donors (Lipinski definition) is 1. The van der Waals surface area contributed by atoms with Crippen LogP contribution < -0.4 is 0 Å². The second-order valence-corrected chi connectivity index (χ2v) is 4.60. The smallest absolute Gasteiger partial charge is 0.219 e. The Kier molecular flexibility index (Phi) is 3.26. The lowest BCUT2D eigenvalue weighted by atomic mass is 10.2. The number of carbonyl (C=O) groups is 1. The molecule has 1 aliphatic carbocycles. The zero-order valence-corrected chi connectivity index (χ0v) is 9.35. The average molecular weight is 212 g/mol. The molecule has 0 aromatic rings. The van der Waals surface area contributed by atoms with Crippen LogP contribution in [0, 0.1) is 0 Å². The van der Waals surface area contributed by atoms with Gasteiger partial charge in [-0.05, 0) is 19.3 Å². The maximum Gasteiger partial charge on any atom is 0.219 e. The highest BCUT2D eigenvalue weighted by Gasteiger charge is 2.37. The molecule has 1 amide bonds. The Morgan fingerprint density at radius 2 is 2.13 bits per heavy atom. The lowest BCUT2D eigenvalue weighted by Crippen LogP contribution is -2.41. The van der Waals surface area contributed by atoms with E-state index < -0.39 is 0 Å². The van der Waals surface area contributed by atoms with E-state index in [4.69, 9.17) is 5.11 Å². The summed E-state index contributed by atoms with van der Waals surface area (Å²) >= 11 is 0. The summed E-state index contributed by atoms with van der Waals surface area (Å²) in [4.78, 5) is 15.5. The third kappa shape index (κ3) is 2.49. The van der Waals surface area contributed by atoms with Crippen molar-refractivity contribution < 1.29 is 9.90 Å². The molecule has 1 saturated carbocycles. The molecule has 0 bridgehead atoms.